The summed E-state index contributed by atoms with van der Waals surface area (Å²) in [5, 5.41) is 0. The summed E-state index contributed by atoms with van der Waals surface area (Å²) < 4.78 is 26.9. The molecule has 0 aromatic heterocycles. The van der Waals surface area contributed by atoms with Gasteiger partial charge in [-0.2, -0.15) is 0 Å². The number of hydrogen-bond donors (Lipinski definition) is 2. The van der Waals surface area contributed by atoms with E-state index in [9.17, 15) is 7.63 Å². The van der Waals surface area contributed by atoms with Crippen molar-refractivity contribution in [2.24, 2.45) is 0 Å². The summed E-state index contributed by atoms with van der Waals surface area (Å²) in [4.78, 5) is 17.6. The molecule has 0 spiro atoms. The molecule has 90 valence electrons. The number of aryl methyl sites for hydroxylation is 2. The second kappa shape index (κ2) is 4.91. The maximum Gasteiger partial charge on any atom is 0.524 e. The second-order valence-electron chi connectivity index (χ2n) is 3.44. The van der Waals surface area contributed by atoms with Crippen LogP contribution in [0.4, 0.5) is 0 Å². The number of phosphoric ester groups is 1. The molecule has 1 aromatic rings. The van der Waals surface area contributed by atoms with E-state index in [1.807, 2.05) is 13.0 Å². The number of hydrogen-bond acceptors (Lipinski definition) is 3. The summed E-state index contributed by atoms with van der Waals surface area (Å²) in [6.45, 7) is 5.23. The Morgan fingerprint density at radius 3 is 2.25 bits per heavy atom. The molecule has 0 heterocycles. The fourth-order valence-corrected chi connectivity index (χ4v) is 3.20. The fourth-order valence-electron chi connectivity index (χ4n) is 1.34. The maximum atomic E-state index is 11.1. The van der Waals surface area contributed by atoms with Gasteiger partial charge in [-0.25, -0.2) is 4.57 Å². The lowest BCUT2D eigenvalue weighted by Gasteiger charge is -2.14. The van der Waals surface area contributed by atoms with Crippen LogP contribution in [-0.4, -0.2) is 9.79 Å². The summed E-state index contributed by atoms with van der Waals surface area (Å²) in [5.41, 5.74) is 2.19. The minimum Gasteiger partial charge on any atom is -0.403 e. The number of phosphoric acid groups is 1. The molecule has 0 fully saturated rings. The third kappa shape index (κ3) is 3.10. The van der Waals surface area contributed by atoms with E-state index >= 15 is 0 Å². The molecule has 2 N–H and O–H groups in total. The van der Waals surface area contributed by atoms with E-state index < -0.39 is 29.0 Å². The van der Waals surface area contributed by atoms with Gasteiger partial charge in [0, 0.05) is 0 Å². The summed E-state index contributed by atoms with van der Waals surface area (Å²) in [6, 6.07) is 1.83. The summed E-state index contributed by atoms with van der Waals surface area (Å²) in [6.07, 6.45) is 0. The maximum absolute atomic E-state index is 11.1. The normalized spacial score (nSPS) is 11.6. The highest BCUT2D eigenvalue weighted by Gasteiger charge is 2.22. The molecule has 5 nitrogen and oxygen atoms in total. The highest BCUT2D eigenvalue weighted by molar-refractivity contribution is 14.1. The zero-order valence-electron chi connectivity index (χ0n) is 9.02. The molecule has 0 saturated heterocycles. The van der Waals surface area contributed by atoms with Crippen LogP contribution >= 0.6 is 29.0 Å². The minimum absolute atomic E-state index is 0.0635. The van der Waals surface area contributed by atoms with Gasteiger partial charge >= 0.3 is 7.82 Å². The molecular formula is C9H12IO5P. The van der Waals surface area contributed by atoms with E-state index in [2.05, 4.69) is 4.52 Å². The van der Waals surface area contributed by atoms with Gasteiger partial charge in [0.15, 0.2) is 26.9 Å². The van der Waals surface area contributed by atoms with Crippen LogP contribution in [-0.2, 0) is 7.63 Å². The predicted octanol–water partition coefficient (Wildman–Crippen LogP) is 2.57. The molecule has 0 atom stereocenters. The Labute approximate surface area is 104 Å². The van der Waals surface area contributed by atoms with Crippen molar-refractivity contribution in [2.75, 3.05) is 0 Å². The van der Waals surface area contributed by atoms with Crippen molar-refractivity contribution in [1.82, 2.24) is 0 Å². The van der Waals surface area contributed by atoms with Crippen molar-refractivity contribution in [3.8, 4) is 5.75 Å². The Bertz CT molecular complexity index is 479. The number of benzene rings is 1. The van der Waals surface area contributed by atoms with Crippen LogP contribution < -0.4 is 4.52 Å². The molecule has 0 saturated carbocycles. The summed E-state index contributed by atoms with van der Waals surface area (Å²) >= 11 is -1.54. The number of rotatable bonds is 3. The van der Waals surface area contributed by atoms with Gasteiger partial charge in [0.2, 0.25) is 0 Å². The van der Waals surface area contributed by atoms with Gasteiger partial charge in [-0.1, -0.05) is 6.07 Å². The lowest BCUT2D eigenvalue weighted by Crippen LogP contribution is -1.99. The van der Waals surface area contributed by atoms with E-state index in [0.717, 1.165) is 11.1 Å². The molecular weight excluding hydrogens is 346 g/mol. The molecule has 7 heteroatoms. The smallest absolute Gasteiger partial charge is 0.403 e. The number of halogens is 1. The zero-order chi connectivity index (χ0) is 12.5. The van der Waals surface area contributed by atoms with Crippen molar-refractivity contribution in [1.29, 1.82) is 0 Å². The van der Waals surface area contributed by atoms with Gasteiger partial charge in [-0.05, 0) is 37.5 Å². The van der Waals surface area contributed by atoms with E-state index in [1.165, 1.54) is 0 Å². The second-order valence-corrected chi connectivity index (χ2v) is 6.12. The first-order valence-corrected chi connectivity index (χ1v) is 7.88. The fraction of sp³-hybridized carbons (Fsp3) is 0.333. The van der Waals surface area contributed by atoms with E-state index in [0.29, 0.717) is 9.13 Å². The molecule has 0 aliphatic heterocycles. The topological polar surface area (TPSA) is 83.8 Å². The molecule has 0 aliphatic carbocycles. The first kappa shape index (κ1) is 13.8. The minimum atomic E-state index is -4.62. The Kier molecular flexibility index (Phi) is 4.23. The molecule has 0 aliphatic rings. The Morgan fingerprint density at radius 1 is 1.25 bits per heavy atom. The Hall–Kier alpha value is -0.300. The zero-order valence-corrected chi connectivity index (χ0v) is 12.1. The Morgan fingerprint density at radius 2 is 1.81 bits per heavy atom. The van der Waals surface area contributed by atoms with Crippen molar-refractivity contribution >= 4 is 29.0 Å². The van der Waals surface area contributed by atoms with E-state index in [4.69, 9.17) is 9.79 Å². The van der Waals surface area contributed by atoms with E-state index in [-0.39, 0.29) is 5.75 Å². The molecule has 0 bridgehead atoms. The quantitative estimate of drug-likeness (QED) is 0.641. The monoisotopic (exact) mass is 358 g/mol. The molecule has 0 radical (unpaired) electrons. The summed E-state index contributed by atoms with van der Waals surface area (Å²) in [5.74, 6) is 0.0635. The van der Waals surface area contributed by atoms with Crippen molar-refractivity contribution in [3.05, 3.63) is 26.3 Å². The third-order valence-corrected chi connectivity index (χ3v) is 4.40. The third-order valence-electron chi connectivity index (χ3n) is 2.20. The summed E-state index contributed by atoms with van der Waals surface area (Å²) in [7, 11) is -4.62. The van der Waals surface area contributed by atoms with Crippen molar-refractivity contribution in [3.63, 3.8) is 0 Å². The molecule has 0 unspecified atom stereocenters. The molecule has 1 rings (SSSR count). The predicted molar refractivity (Wildman–Crippen MR) is 66.7 cm³/mol. The molecule has 0 amide bonds. The van der Waals surface area contributed by atoms with Crippen LogP contribution in [0.3, 0.4) is 0 Å². The van der Waals surface area contributed by atoms with Crippen molar-refractivity contribution in [2.45, 2.75) is 20.8 Å². The molecule has 1 aromatic carbocycles. The van der Waals surface area contributed by atoms with Crippen LogP contribution in [0.1, 0.15) is 16.7 Å². The van der Waals surface area contributed by atoms with Crippen LogP contribution in [0.15, 0.2) is 6.07 Å². The standard InChI is InChI=1S/C9H12IO5P/c1-5-4-6(2)8(10-11)9(7(5)3)15-16(12,13)14/h4H,1-3H3,(H2,12,13,14). The first-order chi connectivity index (χ1) is 7.26. The largest absolute Gasteiger partial charge is 0.524 e. The lowest BCUT2D eigenvalue weighted by molar-refractivity contribution is 0.282. The van der Waals surface area contributed by atoms with Gasteiger partial charge < -0.3 is 4.52 Å². The van der Waals surface area contributed by atoms with Crippen LogP contribution in [0, 0.1) is 24.3 Å². The van der Waals surface area contributed by atoms with E-state index in [1.54, 1.807) is 13.8 Å². The van der Waals surface area contributed by atoms with Crippen molar-refractivity contribution < 1.29 is 21.9 Å². The van der Waals surface area contributed by atoms with Gasteiger partial charge in [-0.15, -0.1) is 0 Å². The SMILES string of the molecule is Cc1cc(C)c(I=O)c(OP(=O)(O)O)c1C. The molecule has 16 heavy (non-hydrogen) atoms. The highest BCUT2D eigenvalue weighted by Crippen LogP contribution is 2.43. The average molecular weight is 358 g/mol. The van der Waals surface area contributed by atoms with Crippen LogP contribution in [0.2, 0.25) is 0 Å². The lowest BCUT2D eigenvalue weighted by atomic mass is 10.1. The first-order valence-electron chi connectivity index (χ1n) is 4.39. The van der Waals surface area contributed by atoms with Crippen LogP contribution in [0.5, 0.6) is 5.75 Å². The van der Waals surface area contributed by atoms with Gasteiger partial charge in [0.25, 0.3) is 0 Å². The Balaban J connectivity index is 3.45. The average Bonchev–Trinajstić information content (AvgIpc) is 2.12. The van der Waals surface area contributed by atoms with Gasteiger partial charge in [0.1, 0.15) is 0 Å². The van der Waals surface area contributed by atoms with Crippen LogP contribution in [0.25, 0.3) is 0 Å². The highest BCUT2D eigenvalue weighted by atomic mass is 127. The van der Waals surface area contributed by atoms with Gasteiger partial charge in [0.05, 0.1) is 3.57 Å². The van der Waals surface area contributed by atoms with Gasteiger partial charge in [-0.3, -0.25) is 12.9 Å².